The second-order valence-electron chi connectivity index (χ2n) is 5.12. The molecule has 1 saturated heterocycles. The zero-order valence-electron chi connectivity index (χ0n) is 11.6. The van der Waals surface area contributed by atoms with E-state index in [1.165, 1.54) is 0 Å². The fraction of sp³-hybridized carbons (Fsp3) is 0.533. The van der Waals surface area contributed by atoms with Crippen molar-refractivity contribution < 1.29 is 9.53 Å². The lowest BCUT2D eigenvalue weighted by Crippen LogP contribution is -2.39. The Morgan fingerprint density at radius 2 is 2.32 bits per heavy atom. The van der Waals surface area contributed by atoms with Gasteiger partial charge in [0.25, 0.3) is 0 Å². The molecule has 2 rings (SSSR count). The molecule has 104 valence electrons. The third-order valence-electron chi connectivity index (χ3n) is 3.54. The summed E-state index contributed by atoms with van der Waals surface area (Å²) in [5, 5.41) is 6.30. The van der Waals surface area contributed by atoms with E-state index in [0.717, 1.165) is 37.2 Å². The van der Waals surface area contributed by atoms with Crippen molar-refractivity contribution in [3.05, 3.63) is 29.8 Å². The molecular formula is C15H22N2O2. The van der Waals surface area contributed by atoms with Gasteiger partial charge in [-0.2, -0.15) is 0 Å². The zero-order valence-corrected chi connectivity index (χ0v) is 11.6. The topological polar surface area (TPSA) is 50.4 Å². The molecule has 19 heavy (non-hydrogen) atoms. The molecular weight excluding hydrogens is 240 g/mol. The average Bonchev–Trinajstić information content (AvgIpc) is 2.93. The molecule has 2 unspecified atom stereocenters. The third kappa shape index (κ3) is 3.70. The smallest absolute Gasteiger partial charge is 0.224 e. The molecule has 0 bridgehead atoms. The first-order valence-corrected chi connectivity index (χ1v) is 6.83. The number of hydrogen-bond donors (Lipinski definition) is 2. The van der Waals surface area contributed by atoms with Gasteiger partial charge in [-0.1, -0.05) is 18.2 Å². The Labute approximate surface area is 114 Å². The van der Waals surface area contributed by atoms with Crippen molar-refractivity contribution in [1.82, 2.24) is 10.6 Å². The van der Waals surface area contributed by atoms with Crippen molar-refractivity contribution in [1.29, 1.82) is 0 Å². The molecule has 0 saturated carbocycles. The number of methoxy groups -OCH3 is 1. The summed E-state index contributed by atoms with van der Waals surface area (Å²) in [5.41, 5.74) is 1.13. The van der Waals surface area contributed by atoms with Crippen LogP contribution < -0.4 is 15.4 Å². The number of ether oxygens (including phenoxy) is 1. The number of para-hydroxylation sites is 1. The highest BCUT2D eigenvalue weighted by atomic mass is 16.5. The summed E-state index contributed by atoms with van der Waals surface area (Å²) < 4.78 is 5.33. The van der Waals surface area contributed by atoms with Crippen molar-refractivity contribution in [2.24, 2.45) is 5.92 Å². The highest BCUT2D eigenvalue weighted by Crippen LogP contribution is 2.19. The average molecular weight is 262 g/mol. The molecule has 1 fully saturated rings. The van der Waals surface area contributed by atoms with Gasteiger partial charge in [-0.05, 0) is 37.9 Å². The van der Waals surface area contributed by atoms with Gasteiger partial charge in [0.15, 0.2) is 0 Å². The lowest BCUT2D eigenvalue weighted by molar-refractivity contribution is -0.125. The van der Waals surface area contributed by atoms with Gasteiger partial charge in [-0.15, -0.1) is 0 Å². The van der Waals surface area contributed by atoms with Crippen LogP contribution in [-0.4, -0.2) is 32.1 Å². The summed E-state index contributed by atoms with van der Waals surface area (Å²) in [6.07, 6.45) is 1.73. The largest absolute Gasteiger partial charge is 0.496 e. The highest BCUT2D eigenvalue weighted by molar-refractivity contribution is 5.79. The molecule has 4 nitrogen and oxygen atoms in total. The molecule has 2 atom stereocenters. The van der Waals surface area contributed by atoms with Crippen molar-refractivity contribution in [2.75, 3.05) is 20.2 Å². The molecule has 2 N–H and O–H groups in total. The molecule has 0 aliphatic carbocycles. The fourth-order valence-corrected chi connectivity index (χ4v) is 2.49. The minimum atomic E-state index is 0.115. The molecule has 0 aromatic heterocycles. The molecule has 1 aromatic rings. The number of rotatable bonds is 5. The number of hydrogen-bond acceptors (Lipinski definition) is 3. The summed E-state index contributed by atoms with van der Waals surface area (Å²) in [5.74, 6) is 1.17. The Bertz CT molecular complexity index is 428. The quantitative estimate of drug-likeness (QED) is 0.842. The summed E-state index contributed by atoms with van der Waals surface area (Å²) in [6.45, 7) is 3.78. The van der Waals surface area contributed by atoms with E-state index in [9.17, 15) is 4.79 Å². The third-order valence-corrected chi connectivity index (χ3v) is 3.54. The first-order chi connectivity index (χ1) is 9.20. The van der Waals surface area contributed by atoms with Crippen LogP contribution in [-0.2, 0) is 11.2 Å². The van der Waals surface area contributed by atoms with Gasteiger partial charge in [-0.3, -0.25) is 4.79 Å². The Morgan fingerprint density at radius 3 is 3.00 bits per heavy atom. The van der Waals surface area contributed by atoms with Crippen LogP contribution in [0.25, 0.3) is 0 Å². The Morgan fingerprint density at radius 1 is 1.53 bits per heavy atom. The fourth-order valence-electron chi connectivity index (χ4n) is 2.49. The first kappa shape index (κ1) is 13.9. The SMILES string of the molecule is COc1ccccc1CC(C)NC(=O)C1CCNC1. The summed E-state index contributed by atoms with van der Waals surface area (Å²) in [7, 11) is 1.67. The van der Waals surface area contributed by atoms with Gasteiger partial charge in [0, 0.05) is 12.6 Å². The number of nitrogens with one attached hydrogen (secondary N) is 2. The second-order valence-corrected chi connectivity index (χ2v) is 5.12. The number of carbonyl (C=O) groups is 1. The first-order valence-electron chi connectivity index (χ1n) is 6.83. The van der Waals surface area contributed by atoms with Gasteiger partial charge in [-0.25, -0.2) is 0 Å². The number of carbonyl (C=O) groups excluding carboxylic acids is 1. The Kier molecular flexibility index (Phi) is 4.80. The van der Waals surface area contributed by atoms with Crippen LogP contribution in [0.4, 0.5) is 0 Å². The van der Waals surface area contributed by atoms with E-state index in [0.29, 0.717) is 0 Å². The van der Waals surface area contributed by atoms with Gasteiger partial charge in [0.2, 0.25) is 5.91 Å². The van der Waals surface area contributed by atoms with Crippen LogP contribution in [0.2, 0.25) is 0 Å². The van der Waals surface area contributed by atoms with Gasteiger partial charge >= 0.3 is 0 Å². The maximum Gasteiger partial charge on any atom is 0.224 e. The molecule has 0 radical (unpaired) electrons. The van der Waals surface area contributed by atoms with E-state index in [1.807, 2.05) is 31.2 Å². The molecule has 4 heteroatoms. The van der Waals surface area contributed by atoms with E-state index >= 15 is 0 Å². The number of benzene rings is 1. The maximum absolute atomic E-state index is 12.0. The van der Waals surface area contributed by atoms with Crippen molar-refractivity contribution in [3.8, 4) is 5.75 Å². The van der Waals surface area contributed by atoms with Crippen molar-refractivity contribution >= 4 is 5.91 Å². The van der Waals surface area contributed by atoms with Crippen LogP contribution in [0.1, 0.15) is 18.9 Å². The van der Waals surface area contributed by atoms with Crippen molar-refractivity contribution in [2.45, 2.75) is 25.8 Å². The molecule has 1 aliphatic rings. The standard InChI is InChI=1S/C15H22N2O2/c1-11(17-15(18)13-7-8-16-10-13)9-12-5-3-4-6-14(12)19-2/h3-6,11,13,16H,7-10H2,1-2H3,(H,17,18). The predicted molar refractivity (Wildman–Crippen MR) is 75.3 cm³/mol. The molecule has 1 heterocycles. The molecule has 1 aliphatic heterocycles. The lowest BCUT2D eigenvalue weighted by Gasteiger charge is -2.18. The minimum absolute atomic E-state index is 0.115. The van der Waals surface area contributed by atoms with Crippen LogP contribution in [0.15, 0.2) is 24.3 Å². The summed E-state index contributed by atoms with van der Waals surface area (Å²) in [4.78, 5) is 12.0. The minimum Gasteiger partial charge on any atom is -0.496 e. The molecule has 1 amide bonds. The summed E-state index contributed by atoms with van der Waals surface area (Å²) in [6, 6.07) is 8.05. The van der Waals surface area contributed by atoms with Gasteiger partial charge in [0.1, 0.15) is 5.75 Å². The van der Waals surface area contributed by atoms with E-state index in [4.69, 9.17) is 4.74 Å². The van der Waals surface area contributed by atoms with Crippen LogP contribution in [0.5, 0.6) is 5.75 Å². The highest BCUT2D eigenvalue weighted by Gasteiger charge is 2.23. The van der Waals surface area contributed by atoms with Gasteiger partial charge in [0.05, 0.1) is 13.0 Å². The molecule has 1 aromatic carbocycles. The van der Waals surface area contributed by atoms with Crippen LogP contribution in [0.3, 0.4) is 0 Å². The van der Waals surface area contributed by atoms with E-state index < -0.39 is 0 Å². The summed E-state index contributed by atoms with van der Waals surface area (Å²) >= 11 is 0. The Hall–Kier alpha value is -1.55. The predicted octanol–water partition coefficient (Wildman–Crippen LogP) is 1.35. The van der Waals surface area contributed by atoms with Crippen molar-refractivity contribution in [3.63, 3.8) is 0 Å². The monoisotopic (exact) mass is 262 g/mol. The van der Waals surface area contributed by atoms with Gasteiger partial charge < -0.3 is 15.4 Å². The van der Waals surface area contributed by atoms with E-state index in [1.54, 1.807) is 7.11 Å². The number of amides is 1. The normalized spacial score (nSPS) is 20.0. The zero-order chi connectivity index (χ0) is 13.7. The Balaban J connectivity index is 1.89. The lowest BCUT2D eigenvalue weighted by atomic mass is 10.0. The second kappa shape index (κ2) is 6.57. The van der Waals surface area contributed by atoms with Crippen LogP contribution in [0, 0.1) is 5.92 Å². The van der Waals surface area contributed by atoms with E-state index in [2.05, 4.69) is 10.6 Å². The maximum atomic E-state index is 12.0. The van der Waals surface area contributed by atoms with E-state index in [-0.39, 0.29) is 17.9 Å². The van der Waals surface area contributed by atoms with Crippen LogP contribution >= 0.6 is 0 Å². The molecule has 0 spiro atoms.